The minimum absolute atomic E-state index is 0.121. The summed E-state index contributed by atoms with van der Waals surface area (Å²) in [4.78, 5) is 14.6. The Labute approximate surface area is 132 Å². The van der Waals surface area contributed by atoms with Crippen molar-refractivity contribution in [3.8, 4) is 0 Å². The van der Waals surface area contributed by atoms with Crippen LogP contribution in [0.15, 0.2) is 55.4 Å². The zero-order valence-electron chi connectivity index (χ0n) is 13.3. The van der Waals surface area contributed by atoms with Crippen LogP contribution in [0.25, 0.3) is 0 Å². The topological polar surface area (TPSA) is 38.1 Å². The maximum absolute atomic E-state index is 12.7. The van der Waals surface area contributed by atoms with E-state index < -0.39 is 0 Å². The molecular formula is C18H23N3O. The molecule has 0 saturated heterocycles. The molecule has 0 radical (unpaired) electrons. The van der Waals surface area contributed by atoms with Crippen molar-refractivity contribution in [3.63, 3.8) is 0 Å². The van der Waals surface area contributed by atoms with Gasteiger partial charge in [-0.05, 0) is 24.1 Å². The fourth-order valence-electron chi connectivity index (χ4n) is 2.46. The van der Waals surface area contributed by atoms with E-state index in [1.807, 2.05) is 36.2 Å². The first-order valence-electron chi connectivity index (χ1n) is 7.53. The van der Waals surface area contributed by atoms with E-state index in [4.69, 9.17) is 0 Å². The Morgan fingerprint density at radius 1 is 1.41 bits per heavy atom. The Kier molecular flexibility index (Phi) is 5.53. The molecular weight excluding hydrogens is 274 g/mol. The summed E-state index contributed by atoms with van der Waals surface area (Å²) < 4.78 is 1.79. The van der Waals surface area contributed by atoms with E-state index in [1.54, 1.807) is 17.0 Å². The van der Waals surface area contributed by atoms with Crippen LogP contribution in [0.3, 0.4) is 0 Å². The maximum atomic E-state index is 12.7. The van der Waals surface area contributed by atoms with Gasteiger partial charge in [-0.25, -0.2) is 0 Å². The summed E-state index contributed by atoms with van der Waals surface area (Å²) in [6.07, 6.45) is 5.38. The summed E-state index contributed by atoms with van der Waals surface area (Å²) in [5, 5.41) is 4.17. The van der Waals surface area contributed by atoms with Gasteiger partial charge in [-0.3, -0.25) is 9.48 Å². The number of aryl methyl sites for hydroxylation is 1. The third-order valence-corrected chi connectivity index (χ3v) is 3.73. The average Bonchev–Trinajstić information content (AvgIpc) is 3.01. The highest BCUT2D eigenvalue weighted by molar-refractivity contribution is 5.78. The van der Waals surface area contributed by atoms with Crippen LogP contribution in [0, 0.1) is 12.8 Å². The Balaban J connectivity index is 2.07. The first kappa shape index (κ1) is 16.0. The van der Waals surface area contributed by atoms with E-state index in [0.29, 0.717) is 19.6 Å². The lowest BCUT2D eigenvalue weighted by atomic mass is 10.1. The molecule has 4 nitrogen and oxygen atoms in total. The molecule has 0 aliphatic carbocycles. The Bertz CT molecular complexity index is 619. The number of hydrogen-bond acceptors (Lipinski definition) is 2. The molecule has 0 aliphatic rings. The zero-order valence-corrected chi connectivity index (χ0v) is 13.3. The van der Waals surface area contributed by atoms with Gasteiger partial charge < -0.3 is 4.90 Å². The van der Waals surface area contributed by atoms with Gasteiger partial charge in [0, 0.05) is 25.5 Å². The van der Waals surface area contributed by atoms with Gasteiger partial charge in [0.1, 0.15) is 0 Å². The molecule has 0 N–H and O–H groups in total. The third kappa shape index (κ3) is 4.07. The molecule has 0 aliphatic heterocycles. The standard InChI is InChI=1S/C18H23N3O/c1-4-11-20(14-17-9-6-5-8-15(17)2)18(22)16(3)13-21-12-7-10-19-21/h4-10,12,16H,1,11,13-14H2,2-3H3. The summed E-state index contributed by atoms with van der Waals surface area (Å²) in [5.41, 5.74) is 2.37. The van der Waals surface area contributed by atoms with Crippen molar-refractivity contribution in [2.75, 3.05) is 6.54 Å². The Hall–Kier alpha value is -2.36. The number of nitrogens with zero attached hydrogens (tertiary/aromatic N) is 3. The minimum Gasteiger partial charge on any atom is -0.334 e. The monoisotopic (exact) mass is 297 g/mol. The fourth-order valence-corrected chi connectivity index (χ4v) is 2.46. The second kappa shape index (κ2) is 7.59. The maximum Gasteiger partial charge on any atom is 0.227 e. The molecule has 2 aromatic rings. The van der Waals surface area contributed by atoms with Gasteiger partial charge >= 0.3 is 0 Å². The molecule has 22 heavy (non-hydrogen) atoms. The molecule has 1 unspecified atom stereocenters. The molecule has 1 amide bonds. The fraction of sp³-hybridized carbons (Fsp3) is 0.333. The molecule has 1 aromatic carbocycles. The van der Waals surface area contributed by atoms with Crippen LogP contribution < -0.4 is 0 Å². The summed E-state index contributed by atoms with van der Waals surface area (Å²) in [7, 11) is 0. The highest BCUT2D eigenvalue weighted by Gasteiger charge is 2.20. The number of amides is 1. The molecule has 1 atom stereocenters. The van der Waals surface area contributed by atoms with E-state index in [0.717, 1.165) is 0 Å². The van der Waals surface area contributed by atoms with Crippen molar-refractivity contribution in [1.82, 2.24) is 14.7 Å². The van der Waals surface area contributed by atoms with Crippen molar-refractivity contribution in [1.29, 1.82) is 0 Å². The number of rotatable bonds is 7. The summed E-state index contributed by atoms with van der Waals surface area (Å²) >= 11 is 0. The smallest absolute Gasteiger partial charge is 0.227 e. The van der Waals surface area contributed by atoms with Gasteiger partial charge in [-0.2, -0.15) is 5.10 Å². The number of carbonyl (C=O) groups excluding carboxylic acids is 1. The van der Waals surface area contributed by atoms with Crippen LogP contribution in [0.1, 0.15) is 18.1 Å². The van der Waals surface area contributed by atoms with Gasteiger partial charge in [0.2, 0.25) is 5.91 Å². The summed E-state index contributed by atoms with van der Waals surface area (Å²) in [6.45, 7) is 9.54. The number of hydrogen-bond donors (Lipinski definition) is 0. The molecule has 2 rings (SSSR count). The Morgan fingerprint density at radius 2 is 2.18 bits per heavy atom. The molecule has 0 bridgehead atoms. The first-order valence-corrected chi connectivity index (χ1v) is 7.53. The molecule has 1 aromatic heterocycles. The van der Waals surface area contributed by atoms with Crippen molar-refractivity contribution < 1.29 is 4.79 Å². The zero-order chi connectivity index (χ0) is 15.9. The van der Waals surface area contributed by atoms with E-state index in [2.05, 4.69) is 30.7 Å². The SMILES string of the molecule is C=CCN(Cc1ccccc1C)C(=O)C(C)Cn1cccn1. The van der Waals surface area contributed by atoms with Crippen LogP contribution in [-0.4, -0.2) is 27.1 Å². The Morgan fingerprint density at radius 3 is 2.82 bits per heavy atom. The van der Waals surface area contributed by atoms with Crippen LogP contribution in [0.2, 0.25) is 0 Å². The largest absolute Gasteiger partial charge is 0.334 e. The molecule has 4 heteroatoms. The predicted octanol–water partition coefficient (Wildman–Crippen LogP) is 3.04. The third-order valence-electron chi connectivity index (χ3n) is 3.73. The van der Waals surface area contributed by atoms with Gasteiger partial charge in [-0.15, -0.1) is 6.58 Å². The summed E-state index contributed by atoms with van der Waals surface area (Å²) in [6, 6.07) is 10.0. The van der Waals surface area contributed by atoms with Crippen molar-refractivity contribution in [2.24, 2.45) is 5.92 Å². The van der Waals surface area contributed by atoms with E-state index >= 15 is 0 Å². The van der Waals surface area contributed by atoms with Gasteiger partial charge in [0.15, 0.2) is 0 Å². The first-order chi connectivity index (χ1) is 10.6. The van der Waals surface area contributed by atoms with Crippen molar-refractivity contribution >= 4 is 5.91 Å². The predicted molar refractivity (Wildman–Crippen MR) is 88.2 cm³/mol. The second-order valence-electron chi connectivity index (χ2n) is 5.56. The minimum atomic E-state index is -0.121. The van der Waals surface area contributed by atoms with E-state index in [1.165, 1.54) is 11.1 Å². The van der Waals surface area contributed by atoms with Gasteiger partial charge in [-0.1, -0.05) is 37.3 Å². The molecule has 1 heterocycles. The van der Waals surface area contributed by atoms with Crippen LogP contribution in [0.4, 0.5) is 0 Å². The lowest BCUT2D eigenvalue weighted by Gasteiger charge is -2.25. The summed E-state index contributed by atoms with van der Waals surface area (Å²) in [5.74, 6) is 0.00233. The number of benzene rings is 1. The molecule has 0 fully saturated rings. The molecule has 0 spiro atoms. The van der Waals surface area contributed by atoms with Gasteiger partial charge in [0.25, 0.3) is 0 Å². The highest BCUT2D eigenvalue weighted by Crippen LogP contribution is 2.14. The molecule has 0 saturated carbocycles. The number of aromatic nitrogens is 2. The normalized spacial score (nSPS) is 11.9. The van der Waals surface area contributed by atoms with Crippen molar-refractivity contribution in [2.45, 2.75) is 26.9 Å². The van der Waals surface area contributed by atoms with E-state index in [-0.39, 0.29) is 11.8 Å². The lowest BCUT2D eigenvalue weighted by Crippen LogP contribution is -2.36. The number of carbonyl (C=O) groups is 1. The van der Waals surface area contributed by atoms with E-state index in [9.17, 15) is 4.79 Å². The average molecular weight is 297 g/mol. The van der Waals surface area contributed by atoms with Gasteiger partial charge in [0.05, 0.1) is 12.5 Å². The van der Waals surface area contributed by atoms with Crippen LogP contribution in [-0.2, 0) is 17.9 Å². The lowest BCUT2D eigenvalue weighted by molar-refractivity contribution is -0.135. The highest BCUT2D eigenvalue weighted by atomic mass is 16.2. The molecule has 116 valence electrons. The van der Waals surface area contributed by atoms with Crippen LogP contribution in [0.5, 0.6) is 0 Å². The van der Waals surface area contributed by atoms with Crippen LogP contribution >= 0.6 is 0 Å². The second-order valence-corrected chi connectivity index (χ2v) is 5.56. The quantitative estimate of drug-likeness (QED) is 0.737. The van der Waals surface area contributed by atoms with Crippen molar-refractivity contribution in [3.05, 3.63) is 66.5 Å².